The predicted molar refractivity (Wildman–Crippen MR) is 122 cm³/mol. The first-order chi connectivity index (χ1) is 15.3. The Balaban J connectivity index is 1.87. The van der Waals surface area contributed by atoms with E-state index in [1.54, 1.807) is 6.20 Å². The molecule has 0 saturated heterocycles. The fourth-order valence-corrected chi connectivity index (χ4v) is 3.89. The maximum Gasteiger partial charge on any atom is 0.212 e. The summed E-state index contributed by atoms with van der Waals surface area (Å²) in [6.07, 6.45) is 1.59. The first-order valence-electron chi connectivity index (χ1n) is 10.0. The molecule has 2 aromatic heterocycles. The van der Waals surface area contributed by atoms with Crippen molar-refractivity contribution in [3.8, 4) is 28.5 Å². The van der Waals surface area contributed by atoms with Gasteiger partial charge < -0.3 is 8.98 Å². The minimum absolute atomic E-state index is 0.0982. The number of rotatable bonds is 4. The van der Waals surface area contributed by atoms with Gasteiger partial charge in [0.2, 0.25) is 11.1 Å². The van der Waals surface area contributed by atoms with Crippen molar-refractivity contribution in [1.82, 2.24) is 4.57 Å². The third kappa shape index (κ3) is 3.33. The van der Waals surface area contributed by atoms with Crippen LogP contribution in [0.2, 0.25) is 0 Å². The molecule has 0 fully saturated rings. The molecule has 148 valence electrons. The molecule has 0 radical (unpaired) electrons. The van der Waals surface area contributed by atoms with Gasteiger partial charge in [-0.15, -0.1) is 0 Å². The molecule has 0 N–H and O–H groups in total. The van der Waals surface area contributed by atoms with Crippen LogP contribution in [-0.4, -0.2) is 4.57 Å². The van der Waals surface area contributed by atoms with Crippen molar-refractivity contribution < 1.29 is 4.42 Å². The molecule has 0 unspecified atom stereocenters. The third-order valence-electron chi connectivity index (χ3n) is 5.32. The summed E-state index contributed by atoms with van der Waals surface area (Å²) in [5.41, 5.74) is 3.76. The number of fused-ring (bicyclic) bond motifs is 1. The van der Waals surface area contributed by atoms with Gasteiger partial charge in [-0.25, -0.2) is 0 Å². The molecule has 2 heterocycles. The quantitative estimate of drug-likeness (QED) is 0.379. The summed E-state index contributed by atoms with van der Waals surface area (Å²) < 4.78 is 8.23. The van der Waals surface area contributed by atoms with Gasteiger partial charge in [0, 0.05) is 17.3 Å². The van der Waals surface area contributed by atoms with Crippen LogP contribution in [0.15, 0.2) is 106 Å². The second-order valence-electron chi connectivity index (χ2n) is 7.32. The zero-order chi connectivity index (χ0) is 21.2. The zero-order valence-corrected chi connectivity index (χ0v) is 16.7. The lowest BCUT2D eigenvalue weighted by molar-refractivity contribution is 0.585. The highest BCUT2D eigenvalue weighted by Gasteiger charge is 2.23. The van der Waals surface area contributed by atoms with Gasteiger partial charge in [0.15, 0.2) is 0 Å². The van der Waals surface area contributed by atoms with E-state index in [0.717, 1.165) is 16.7 Å². The third-order valence-corrected chi connectivity index (χ3v) is 5.32. The minimum Gasteiger partial charge on any atom is -0.439 e. The van der Waals surface area contributed by atoms with Crippen LogP contribution in [0.5, 0.6) is 0 Å². The van der Waals surface area contributed by atoms with E-state index in [9.17, 15) is 10.1 Å². The molecular weight excluding hydrogens is 384 g/mol. The van der Waals surface area contributed by atoms with Crippen LogP contribution < -0.4 is 5.43 Å². The lowest BCUT2D eigenvalue weighted by atomic mass is 9.98. The van der Waals surface area contributed by atoms with Crippen molar-refractivity contribution in [3.05, 3.63) is 119 Å². The van der Waals surface area contributed by atoms with Crippen LogP contribution in [0.3, 0.4) is 0 Å². The standard InChI is InChI=1S/C27H18N2O2/c28-16-22-18-29(17-19-10-4-1-5-11-19)27-24(25(22)30)23(20-12-6-2-7-13-20)26(31-27)21-14-8-3-9-15-21/h1-15,18H,17H2. The van der Waals surface area contributed by atoms with Gasteiger partial charge in [-0.05, 0) is 11.1 Å². The van der Waals surface area contributed by atoms with Gasteiger partial charge in [0.25, 0.3) is 0 Å². The van der Waals surface area contributed by atoms with Crippen molar-refractivity contribution >= 4 is 11.1 Å². The molecule has 5 aromatic rings. The smallest absolute Gasteiger partial charge is 0.212 e. The molecule has 0 atom stereocenters. The molecule has 31 heavy (non-hydrogen) atoms. The molecule has 0 saturated carbocycles. The number of pyridine rings is 1. The van der Waals surface area contributed by atoms with Gasteiger partial charge >= 0.3 is 0 Å². The average Bonchev–Trinajstić information content (AvgIpc) is 3.24. The van der Waals surface area contributed by atoms with E-state index >= 15 is 0 Å². The molecule has 0 aliphatic heterocycles. The fraction of sp³-hybridized carbons (Fsp3) is 0.0370. The van der Waals surface area contributed by atoms with E-state index in [1.165, 1.54) is 0 Å². The maximum absolute atomic E-state index is 13.3. The number of furan rings is 1. The first-order valence-corrected chi connectivity index (χ1v) is 10.0. The van der Waals surface area contributed by atoms with Crippen LogP contribution in [0.1, 0.15) is 11.1 Å². The fourth-order valence-electron chi connectivity index (χ4n) is 3.89. The molecule has 4 heteroatoms. The van der Waals surface area contributed by atoms with Crippen molar-refractivity contribution in [2.24, 2.45) is 0 Å². The summed E-state index contributed by atoms with van der Waals surface area (Å²) in [6.45, 7) is 0.488. The van der Waals surface area contributed by atoms with Crippen LogP contribution in [0.4, 0.5) is 0 Å². The number of hydrogen-bond donors (Lipinski definition) is 0. The average molecular weight is 402 g/mol. The van der Waals surface area contributed by atoms with Gasteiger partial charge in [0.05, 0.1) is 11.9 Å². The normalized spacial score (nSPS) is 10.8. The summed E-state index contributed by atoms with van der Waals surface area (Å²) in [4.78, 5) is 13.3. The van der Waals surface area contributed by atoms with E-state index in [4.69, 9.17) is 4.42 Å². The Kier molecular flexibility index (Phi) is 4.70. The molecule has 4 nitrogen and oxygen atoms in total. The molecule has 0 amide bonds. The monoisotopic (exact) mass is 402 g/mol. The van der Waals surface area contributed by atoms with Gasteiger partial charge in [-0.3, -0.25) is 4.79 Å². The Morgan fingerprint density at radius 3 is 2.00 bits per heavy atom. The van der Waals surface area contributed by atoms with Gasteiger partial charge in [-0.2, -0.15) is 5.26 Å². The molecule has 0 aliphatic rings. The molecular formula is C27H18N2O2. The van der Waals surface area contributed by atoms with Crippen LogP contribution in [0.25, 0.3) is 33.6 Å². The molecule has 0 bridgehead atoms. The zero-order valence-electron chi connectivity index (χ0n) is 16.7. The van der Waals surface area contributed by atoms with Crippen molar-refractivity contribution in [1.29, 1.82) is 5.26 Å². The largest absolute Gasteiger partial charge is 0.439 e. The Morgan fingerprint density at radius 1 is 0.806 bits per heavy atom. The summed E-state index contributed by atoms with van der Waals surface area (Å²) >= 11 is 0. The number of benzene rings is 3. The highest BCUT2D eigenvalue weighted by Crippen LogP contribution is 2.39. The molecule has 0 aliphatic carbocycles. The number of hydrogen-bond acceptors (Lipinski definition) is 3. The summed E-state index contributed by atoms with van der Waals surface area (Å²) in [5, 5.41) is 10.1. The van der Waals surface area contributed by atoms with Crippen LogP contribution in [0, 0.1) is 11.3 Å². The van der Waals surface area contributed by atoms with E-state index in [2.05, 4.69) is 6.07 Å². The maximum atomic E-state index is 13.3. The SMILES string of the molecule is N#Cc1cn(Cc2ccccc2)c2oc(-c3ccccc3)c(-c3ccccc3)c2c1=O. The second kappa shape index (κ2) is 7.81. The summed E-state index contributed by atoms with van der Waals surface area (Å²) in [5.74, 6) is 0.621. The van der Waals surface area contributed by atoms with E-state index in [-0.39, 0.29) is 11.0 Å². The molecule has 3 aromatic carbocycles. The van der Waals surface area contributed by atoms with Crippen molar-refractivity contribution in [2.45, 2.75) is 6.54 Å². The van der Waals surface area contributed by atoms with E-state index in [0.29, 0.717) is 29.0 Å². The van der Waals surface area contributed by atoms with Gasteiger partial charge in [-0.1, -0.05) is 91.0 Å². The lowest BCUT2D eigenvalue weighted by Crippen LogP contribution is -2.13. The number of nitrogens with zero attached hydrogens (tertiary/aromatic N) is 2. The number of nitriles is 1. The minimum atomic E-state index is -0.313. The first kappa shape index (κ1) is 18.7. The van der Waals surface area contributed by atoms with E-state index < -0.39 is 0 Å². The predicted octanol–water partition coefficient (Wildman–Crippen LogP) is 5.85. The van der Waals surface area contributed by atoms with E-state index in [1.807, 2.05) is 95.6 Å². The van der Waals surface area contributed by atoms with Crippen LogP contribution >= 0.6 is 0 Å². The van der Waals surface area contributed by atoms with Crippen molar-refractivity contribution in [2.75, 3.05) is 0 Å². The Hall–Kier alpha value is -4.36. The number of aromatic nitrogens is 1. The summed E-state index contributed by atoms with van der Waals surface area (Å²) in [7, 11) is 0. The van der Waals surface area contributed by atoms with Crippen molar-refractivity contribution in [3.63, 3.8) is 0 Å². The second-order valence-corrected chi connectivity index (χ2v) is 7.32. The van der Waals surface area contributed by atoms with Crippen LogP contribution in [-0.2, 0) is 6.54 Å². The lowest BCUT2D eigenvalue weighted by Gasteiger charge is -2.08. The highest BCUT2D eigenvalue weighted by atomic mass is 16.3. The Bertz CT molecular complexity index is 1460. The van der Waals surface area contributed by atoms with Gasteiger partial charge in [0.1, 0.15) is 17.4 Å². The molecule has 5 rings (SSSR count). The Morgan fingerprint density at radius 2 is 1.39 bits per heavy atom. The Labute approximate surface area is 179 Å². The molecule has 0 spiro atoms. The summed E-state index contributed by atoms with van der Waals surface area (Å²) in [6, 6.07) is 31.4. The highest BCUT2D eigenvalue weighted by molar-refractivity contribution is 6.01. The topological polar surface area (TPSA) is 58.9 Å².